The molecule has 0 aliphatic carbocycles. The maximum absolute atomic E-state index is 8.36. The van der Waals surface area contributed by atoms with Crippen LogP contribution in [0.1, 0.15) is 24.0 Å². The van der Waals surface area contributed by atoms with E-state index in [1.807, 2.05) is 30.5 Å². The highest BCUT2D eigenvalue weighted by Crippen LogP contribution is 2.34. The highest BCUT2D eigenvalue weighted by atomic mass is 16.5. The Morgan fingerprint density at radius 3 is 2.66 bits per heavy atom. The van der Waals surface area contributed by atoms with Gasteiger partial charge in [0.25, 0.3) is 6.47 Å². The molecule has 0 amide bonds. The van der Waals surface area contributed by atoms with Crippen molar-refractivity contribution in [2.24, 2.45) is 0 Å². The molecule has 1 saturated heterocycles. The normalized spacial score (nSPS) is 15.6. The average Bonchev–Trinajstić information content (AvgIpc) is 2.83. The first-order valence-electron chi connectivity index (χ1n) is 10.5. The lowest BCUT2D eigenvalue weighted by molar-refractivity contribution is -0.122. The number of hydrogen-bond donors (Lipinski definition) is 1. The summed E-state index contributed by atoms with van der Waals surface area (Å²) in [6.07, 6.45) is 5.98. The number of carboxylic acid groups (broad SMARTS) is 1. The molecule has 1 N–H and O–H groups in total. The van der Waals surface area contributed by atoms with Crippen LogP contribution in [0, 0.1) is 6.92 Å². The topological polar surface area (TPSA) is 94.0 Å². The Morgan fingerprint density at radius 2 is 1.97 bits per heavy atom. The van der Waals surface area contributed by atoms with Crippen LogP contribution in [0.3, 0.4) is 0 Å². The molecule has 8 nitrogen and oxygen atoms in total. The van der Waals surface area contributed by atoms with Crippen LogP contribution in [0.5, 0.6) is 11.5 Å². The number of aromatic nitrogens is 2. The van der Waals surface area contributed by atoms with Crippen molar-refractivity contribution in [2.45, 2.75) is 32.5 Å². The molecule has 170 valence electrons. The number of anilines is 1. The molecule has 0 bridgehead atoms. The van der Waals surface area contributed by atoms with Gasteiger partial charge in [0.2, 0.25) is 0 Å². The minimum absolute atomic E-state index is 0.187. The molecule has 3 heterocycles. The molecule has 3 aromatic rings. The summed E-state index contributed by atoms with van der Waals surface area (Å²) in [5.74, 6) is 2.40. The van der Waals surface area contributed by atoms with E-state index in [0.717, 1.165) is 54.0 Å². The molecule has 1 aliphatic heterocycles. The molecule has 4 rings (SSSR count). The van der Waals surface area contributed by atoms with Gasteiger partial charge in [-0.05, 0) is 49.1 Å². The quantitative estimate of drug-likeness (QED) is 0.579. The van der Waals surface area contributed by atoms with Crippen LogP contribution in [-0.4, -0.2) is 55.0 Å². The molecule has 2 aromatic heterocycles. The Morgan fingerprint density at radius 1 is 1.22 bits per heavy atom. The van der Waals surface area contributed by atoms with E-state index in [1.54, 1.807) is 20.4 Å². The fourth-order valence-electron chi connectivity index (χ4n) is 3.85. The number of aryl methyl sites for hydroxylation is 1. The number of fused-ring (bicyclic) bond motifs is 1. The summed E-state index contributed by atoms with van der Waals surface area (Å²) in [6, 6.07) is 10.1. The second-order valence-electron chi connectivity index (χ2n) is 7.51. The SMILES string of the molecule is COc1cc2nc(N3CCCC(OCc4cccnc4)C3)cc(C)c2cc1OC.O=CO. The summed E-state index contributed by atoms with van der Waals surface area (Å²) >= 11 is 0. The maximum atomic E-state index is 8.36. The second kappa shape index (κ2) is 11.3. The van der Waals surface area contributed by atoms with Crippen LogP contribution in [0.25, 0.3) is 10.9 Å². The Bertz CT molecular complexity index is 1030. The van der Waals surface area contributed by atoms with Crippen LogP contribution in [-0.2, 0) is 16.1 Å². The first-order chi connectivity index (χ1) is 15.6. The van der Waals surface area contributed by atoms with Gasteiger partial charge in [0.05, 0.1) is 32.4 Å². The lowest BCUT2D eigenvalue weighted by atomic mass is 10.1. The van der Waals surface area contributed by atoms with E-state index < -0.39 is 0 Å². The molecular formula is C24H29N3O5. The van der Waals surface area contributed by atoms with E-state index in [0.29, 0.717) is 12.4 Å². The van der Waals surface area contributed by atoms with E-state index in [2.05, 4.69) is 22.9 Å². The van der Waals surface area contributed by atoms with Crippen molar-refractivity contribution >= 4 is 23.2 Å². The first kappa shape index (κ1) is 23.3. The van der Waals surface area contributed by atoms with Gasteiger partial charge in [0, 0.05) is 36.9 Å². The molecule has 32 heavy (non-hydrogen) atoms. The maximum Gasteiger partial charge on any atom is 0.290 e. The van der Waals surface area contributed by atoms with Crippen LogP contribution in [0.15, 0.2) is 42.7 Å². The number of rotatable bonds is 6. The minimum atomic E-state index is -0.250. The van der Waals surface area contributed by atoms with Crippen LogP contribution >= 0.6 is 0 Å². The first-order valence-corrected chi connectivity index (χ1v) is 10.5. The molecule has 1 aliphatic rings. The predicted molar refractivity (Wildman–Crippen MR) is 123 cm³/mol. The van der Waals surface area contributed by atoms with Gasteiger partial charge in [0.1, 0.15) is 5.82 Å². The number of piperidine rings is 1. The number of methoxy groups -OCH3 is 2. The van der Waals surface area contributed by atoms with Crippen LogP contribution in [0.4, 0.5) is 5.82 Å². The summed E-state index contributed by atoms with van der Waals surface area (Å²) in [5.41, 5.74) is 3.19. The van der Waals surface area contributed by atoms with E-state index in [-0.39, 0.29) is 12.6 Å². The molecule has 1 unspecified atom stereocenters. The highest BCUT2D eigenvalue weighted by molar-refractivity contribution is 5.87. The highest BCUT2D eigenvalue weighted by Gasteiger charge is 2.22. The van der Waals surface area contributed by atoms with Crippen molar-refractivity contribution in [2.75, 3.05) is 32.2 Å². The predicted octanol–water partition coefficient (Wildman–Crippen LogP) is 3.84. The summed E-state index contributed by atoms with van der Waals surface area (Å²) < 4.78 is 17.1. The zero-order valence-corrected chi connectivity index (χ0v) is 18.7. The van der Waals surface area contributed by atoms with Gasteiger partial charge in [-0.1, -0.05) is 6.07 Å². The molecule has 0 radical (unpaired) electrons. The third-order valence-electron chi connectivity index (χ3n) is 5.42. The molecule has 1 aromatic carbocycles. The summed E-state index contributed by atoms with van der Waals surface area (Å²) in [5, 5.41) is 7.97. The van der Waals surface area contributed by atoms with Gasteiger partial charge in [-0.15, -0.1) is 0 Å². The smallest absolute Gasteiger partial charge is 0.290 e. The largest absolute Gasteiger partial charge is 0.493 e. The Balaban J connectivity index is 0.000000913. The van der Waals surface area contributed by atoms with Gasteiger partial charge in [-0.2, -0.15) is 0 Å². The van der Waals surface area contributed by atoms with Crippen molar-refractivity contribution in [3.8, 4) is 11.5 Å². The number of carbonyl (C=O) groups is 1. The van der Waals surface area contributed by atoms with E-state index in [4.69, 9.17) is 29.1 Å². The van der Waals surface area contributed by atoms with Crippen LogP contribution < -0.4 is 14.4 Å². The number of ether oxygens (including phenoxy) is 3. The Labute approximate surface area is 187 Å². The third-order valence-corrected chi connectivity index (χ3v) is 5.42. The lowest BCUT2D eigenvalue weighted by Crippen LogP contribution is -2.40. The Hall–Kier alpha value is -3.39. The van der Waals surface area contributed by atoms with Crippen molar-refractivity contribution in [1.82, 2.24) is 9.97 Å². The van der Waals surface area contributed by atoms with Gasteiger partial charge in [-0.25, -0.2) is 4.98 Å². The molecule has 0 saturated carbocycles. The average molecular weight is 440 g/mol. The van der Waals surface area contributed by atoms with Gasteiger partial charge < -0.3 is 24.2 Å². The van der Waals surface area contributed by atoms with Gasteiger partial charge >= 0.3 is 0 Å². The molecule has 8 heteroatoms. The number of benzene rings is 1. The van der Waals surface area contributed by atoms with Crippen molar-refractivity contribution in [1.29, 1.82) is 0 Å². The number of hydrogen-bond acceptors (Lipinski definition) is 7. The fourth-order valence-corrected chi connectivity index (χ4v) is 3.85. The Kier molecular flexibility index (Phi) is 8.21. The zero-order chi connectivity index (χ0) is 22.9. The lowest BCUT2D eigenvalue weighted by Gasteiger charge is -2.34. The number of pyridine rings is 2. The van der Waals surface area contributed by atoms with Crippen molar-refractivity contribution < 1.29 is 24.1 Å². The number of nitrogens with zero attached hydrogens (tertiary/aromatic N) is 3. The molecule has 1 fully saturated rings. The van der Waals surface area contributed by atoms with Crippen molar-refractivity contribution in [3.05, 3.63) is 53.9 Å². The summed E-state index contributed by atoms with van der Waals surface area (Å²) in [7, 11) is 3.30. The van der Waals surface area contributed by atoms with E-state index in [9.17, 15) is 0 Å². The summed E-state index contributed by atoms with van der Waals surface area (Å²) in [6.45, 7) is 4.27. The zero-order valence-electron chi connectivity index (χ0n) is 18.7. The van der Waals surface area contributed by atoms with Gasteiger partial charge in [-0.3, -0.25) is 9.78 Å². The molecule has 1 atom stereocenters. The van der Waals surface area contributed by atoms with E-state index in [1.165, 1.54) is 5.56 Å². The monoisotopic (exact) mass is 439 g/mol. The summed E-state index contributed by atoms with van der Waals surface area (Å²) in [4.78, 5) is 19.8. The standard InChI is InChI=1S/C23H27N3O3.CH2O2/c1-16-10-23(25-20-12-22(28-3)21(27-2)11-19(16)20)26-9-5-7-18(14-26)29-15-17-6-4-8-24-13-17;2-1-3/h4,6,8,10-13,18H,5,7,9,14-15H2,1-3H3;1H,(H,2,3). The van der Waals surface area contributed by atoms with Crippen LogP contribution in [0.2, 0.25) is 0 Å². The molecule has 0 spiro atoms. The van der Waals surface area contributed by atoms with Gasteiger partial charge in [0.15, 0.2) is 11.5 Å². The fraction of sp³-hybridized carbons (Fsp3) is 0.375. The minimum Gasteiger partial charge on any atom is -0.493 e. The third kappa shape index (κ3) is 5.64. The molecular weight excluding hydrogens is 410 g/mol. The van der Waals surface area contributed by atoms with Crippen molar-refractivity contribution in [3.63, 3.8) is 0 Å². The second-order valence-corrected chi connectivity index (χ2v) is 7.51. The van der Waals surface area contributed by atoms with E-state index >= 15 is 0 Å².